The molecule has 12 heavy (non-hydrogen) atoms. The van der Waals surface area contributed by atoms with E-state index in [1.807, 2.05) is 0 Å². The van der Waals surface area contributed by atoms with Crippen LogP contribution in [0.1, 0.15) is 26.2 Å². The van der Waals surface area contributed by atoms with E-state index in [1.54, 1.807) is 0 Å². The van der Waals surface area contributed by atoms with Crippen molar-refractivity contribution in [2.45, 2.75) is 26.2 Å². The molecule has 0 amide bonds. The van der Waals surface area contributed by atoms with Crippen LogP contribution in [0, 0.1) is 4.77 Å². The van der Waals surface area contributed by atoms with Crippen LogP contribution in [0.15, 0.2) is 0 Å². The van der Waals surface area contributed by atoms with Crippen LogP contribution in [-0.4, -0.2) is 21.7 Å². The molecule has 1 aromatic heterocycles. The first-order valence-electron chi connectivity index (χ1n) is 4.21. The van der Waals surface area contributed by atoms with Gasteiger partial charge >= 0.3 is 0 Å². The van der Waals surface area contributed by atoms with Gasteiger partial charge in [-0.2, -0.15) is 4.98 Å². The molecular formula is C7H14N4S. The minimum atomic E-state index is 0.494. The quantitative estimate of drug-likeness (QED) is 0.487. The van der Waals surface area contributed by atoms with Crippen LogP contribution in [0.4, 0.5) is 5.95 Å². The number of nitrogens with zero attached hydrogens (tertiary/aromatic N) is 1. The Hall–Kier alpha value is -0.840. The highest BCUT2D eigenvalue weighted by Crippen LogP contribution is 1.97. The summed E-state index contributed by atoms with van der Waals surface area (Å²) in [5.41, 5.74) is 0. The molecule has 1 rings (SSSR count). The Morgan fingerprint density at radius 2 is 2.25 bits per heavy atom. The van der Waals surface area contributed by atoms with Gasteiger partial charge in [0.15, 0.2) is 0 Å². The fourth-order valence-electron chi connectivity index (χ4n) is 0.936. The second-order valence-electron chi connectivity index (χ2n) is 2.65. The summed E-state index contributed by atoms with van der Waals surface area (Å²) in [6, 6.07) is 0. The zero-order valence-electron chi connectivity index (χ0n) is 7.18. The topological polar surface area (TPSA) is 56.5 Å². The molecule has 0 aromatic carbocycles. The maximum absolute atomic E-state index is 4.80. The number of rotatable bonds is 5. The molecular weight excluding hydrogens is 172 g/mol. The van der Waals surface area contributed by atoms with Crippen LogP contribution >= 0.6 is 12.2 Å². The Bertz CT molecular complexity index is 264. The van der Waals surface area contributed by atoms with Gasteiger partial charge in [0.1, 0.15) is 0 Å². The number of aromatic nitrogens is 3. The lowest BCUT2D eigenvalue weighted by atomic mass is 10.2. The molecule has 0 fully saturated rings. The SMILES string of the molecule is CCCCCNc1nc(=S)[nH][nH]1. The number of anilines is 1. The summed E-state index contributed by atoms with van der Waals surface area (Å²) < 4.78 is 0.494. The van der Waals surface area contributed by atoms with Crippen LogP contribution in [0.5, 0.6) is 0 Å². The maximum atomic E-state index is 4.80. The van der Waals surface area contributed by atoms with Crippen molar-refractivity contribution in [3.63, 3.8) is 0 Å². The number of H-pyrrole nitrogens is 2. The third-order valence-corrected chi connectivity index (χ3v) is 1.77. The Kier molecular flexibility index (Phi) is 3.79. The Morgan fingerprint density at radius 3 is 2.83 bits per heavy atom. The van der Waals surface area contributed by atoms with Gasteiger partial charge in [-0.15, -0.1) is 0 Å². The summed E-state index contributed by atoms with van der Waals surface area (Å²) in [5, 5.41) is 8.69. The predicted octanol–water partition coefficient (Wildman–Crippen LogP) is 2.07. The summed E-state index contributed by atoms with van der Waals surface area (Å²) in [6.07, 6.45) is 3.65. The van der Waals surface area contributed by atoms with Gasteiger partial charge in [0.2, 0.25) is 10.7 Å². The normalized spacial score (nSPS) is 10.1. The molecule has 0 saturated carbocycles. The fraction of sp³-hybridized carbons (Fsp3) is 0.714. The molecule has 0 aliphatic carbocycles. The summed E-state index contributed by atoms with van der Waals surface area (Å²) in [7, 11) is 0. The van der Waals surface area contributed by atoms with Crippen molar-refractivity contribution in [2.75, 3.05) is 11.9 Å². The monoisotopic (exact) mass is 186 g/mol. The third-order valence-electron chi connectivity index (χ3n) is 1.57. The standard InChI is InChI=1S/C7H14N4S/c1-2-3-4-5-8-6-9-7(12)11-10-6/h2-5H2,1H3,(H3,8,9,10,11,12). The van der Waals surface area contributed by atoms with E-state index < -0.39 is 0 Å². The molecule has 0 bridgehead atoms. The van der Waals surface area contributed by atoms with Crippen LogP contribution in [0.3, 0.4) is 0 Å². The van der Waals surface area contributed by atoms with Gasteiger partial charge in [-0.1, -0.05) is 19.8 Å². The second-order valence-corrected chi connectivity index (χ2v) is 3.04. The van der Waals surface area contributed by atoms with E-state index in [9.17, 15) is 0 Å². The molecule has 0 aliphatic rings. The molecule has 0 aliphatic heterocycles. The van der Waals surface area contributed by atoms with Crippen LogP contribution in [0.25, 0.3) is 0 Å². The van der Waals surface area contributed by atoms with Gasteiger partial charge in [-0.3, -0.25) is 10.2 Å². The van der Waals surface area contributed by atoms with Crippen molar-refractivity contribution in [1.82, 2.24) is 15.2 Å². The van der Waals surface area contributed by atoms with Crippen LogP contribution in [0.2, 0.25) is 0 Å². The largest absolute Gasteiger partial charge is 0.355 e. The number of unbranched alkanes of at least 4 members (excludes halogenated alkanes) is 2. The average molecular weight is 186 g/mol. The minimum Gasteiger partial charge on any atom is -0.355 e. The van der Waals surface area contributed by atoms with Gasteiger partial charge < -0.3 is 5.32 Å². The number of hydrogen-bond acceptors (Lipinski definition) is 3. The van der Waals surface area contributed by atoms with Crippen molar-refractivity contribution in [3.05, 3.63) is 4.77 Å². The van der Waals surface area contributed by atoms with Crippen molar-refractivity contribution >= 4 is 18.2 Å². The van der Waals surface area contributed by atoms with E-state index in [1.165, 1.54) is 19.3 Å². The van der Waals surface area contributed by atoms with Crippen LogP contribution in [-0.2, 0) is 0 Å². The van der Waals surface area contributed by atoms with Gasteiger partial charge in [0.05, 0.1) is 0 Å². The molecule has 68 valence electrons. The summed E-state index contributed by atoms with van der Waals surface area (Å²) in [6.45, 7) is 3.13. The molecule has 0 saturated heterocycles. The summed E-state index contributed by atoms with van der Waals surface area (Å²) in [4.78, 5) is 4.00. The zero-order chi connectivity index (χ0) is 8.81. The highest BCUT2D eigenvalue weighted by atomic mass is 32.1. The highest BCUT2D eigenvalue weighted by Gasteiger charge is 1.92. The maximum Gasteiger partial charge on any atom is 0.217 e. The fourth-order valence-corrected chi connectivity index (χ4v) is 1.08. The number of nitrogens with one attached hydrogen (secondary N) is 3. The Morgan fingerprint density at radius 1 is 1.42 bits per heavy atom. The van der Waals surface area contributed by atoms with E-state index >= 15 is 0 Å². The summed E-state index contributed by atoms with van der Waals surface area (Å²) in [5.74, 6) is 0.733. The molecule has 4 nitrogen and oxygen atoms in total. The lowest BCUT2D eigenvalue weighted by molar-refractivity contribution is 0.740. The first kappa shape index (κ1) is 9.25. The first-order chi connectivity index (χ1) is 5.83. The van der Waals surface area contributed by atoms with Gasteiger partial charge in [-0.25, -0.2) is 0 Å². The van der Waals surface area contributed by atoms with E-state index in [0.29, 0.717) is 4.77 Å². The molecule has 5 heteroatoms. The second kappa shape index (κ2) is 4.92. The first-order valence-corrected chi connectivity index (χ1v) is 4.62. The van der Waals surface area contributed by atoms with E-state index in [2.05, 4.69) is 27.4 Å². The average Bonchev–Trinajstić information content (AvgIpc) is 2.45. The zero-order valence-corrected chi connectivity index (χ0v) is 8.00. The molecule has 0 spiro atoms. The van der Waals surface area contributed by atoms with Crippen molar-refractivity contribution in [2.24, 2.45) is 0 Å². The van der Waals surface area contributed by atoms with Crippen molar-refractivity contribution in [3.8, 4) is 0 Å². The number of aromatic amines is 2. The van der Waals surface area contributed by atoms with Crippen molar-refractivity contribution in [1.29, 1.82) is 0 Å². The highest BCUT2D eigenvalue weighted by molar-refractivity contribution is 7.71. The van der Waals surface area contributed by atoms with Crippen molar-refractivity contribution < 1.29 is 0 Å². The van der Waals surface area contributed by atoms with Gasteiger partial charge in [-0.05, 0) is 18.6 Å². The van der Waals surface area contributed by atoms with E-state index in [4.69, 9.17) is 12.2 Å². The Balaban J connectivity index is 2.20. The lowest BCUT2D eigenvalue weighted by Gasteiger charge is -1.99. The number of hydrogen-bond donors (Lipinski definition) is 3. The van der Waals surface area contributed by atoms with E-state index in [0.717, 1.165) is 12.5 Å². The van der Waals surface area contributed by atoms with Crippen LogP contribution < -0.4 is 5.32 Å². The van der Waals surface area contributed by atoms with Gasteiger partial charge in [0, 0.05) is 6.54 Å². The van der Waals surface area contributed by atoms with Gasteiger partial charge in [0.25, 0.3) is 0 Å². The molecule has 0 radical (unpaired) electrons. The Labute approximate surface area is 76.8 Å². The lowest BCUT2D eigenvalue weighted by Crippen LogP contribution is -2.02. The minimum absolute atomic E-state index is 0.494. The molecule has 0 unspecified atom stereocenters. The molecule has 3 N–H and O–H groups in total. The third kappa shape index (κ3) is 3.04. The van der Waals surface area contributed by atoms with E-state index in [-0.39, 0.29) is 0 Å². The predicted molar refractivity (Wildman–Crippen MR) is 51.8 cm³/mol. The molecule has 1 heterocycles. The molecule has 1 aromatic rings. The summed E-state index contributed by atoms with van der Waals surface area (Å²) >= 11 is 4.80. The smallest absolute Gasteiger partial charge is 0.217 e. The molecule has 0 atom stereocenters.